The van der Waals surface area contributed by atoms with E-state index in [2.05, 4.69) is 25.9 Å². The minimum atomic E-state index is -0.539. The molecule has 0 fully saturated rings. The third kappa shape index (κ3) is 4.64. The van der Waals surface area contributed by atoms with Crippen LogP contribution in [0.5, 0.6) is 0 Å². The molecule has 1 heterocycles. The highest BCUT2D eigenvalue weighted by molar-refractivity contribution is 5.90. The number of benzene rings is 1. The Labute approximate surface area is 133 Å². The molecule has 0 bridgehead atoms. The fraction of sp³-hybridized carbons (Fsp3) is 0.267. The van der Waals surface area contributed by atoms with Gasteiger partial charge in [0.15, 0.2) is 0 Å². The van der Waals surface area contributed by atoms with E-state index in [4.69, 9.17) is 10.00 Å². The monoisotopic (exact) mass is 312 g/mol. The Morgan fingerprint density at radius 3 is 2.57 bits per heavy atom. The van der Waals surface area contributed by atoms with Crippen LogP contribution >= 0.6 is 0 Å². The molecule has 0 radical (unpaired) electrons. The van der Waals surface area contributed by atoms with Gasteiger partial charge in [-0.15, -0.1) is 10.2 Å². The van der Waals surface area contributed by atoms with E-state index in [0.29, 0.717) is 11.3 Å². The number of nitrogens with one attached hydrogen (secondary N) is 2. The summed E-state index contributed by atoms with van der Waals surface area (Å²) >= 11 is 0. The van der Waals surface area contributed by atoms with E-state index < -0.39 is 5.60 Å². The molecule has 0 saturated heterocycles. The van der Waals surface area contributed by atoms with Gasteiger partial charge in [0.05, 0.1) is 5.56 Å². The van der Waals surface area contributed by atoms with E-state index in [-0.39, 0.29) is 17.4 Å². The number of nitriles is 1. The molecule has 0 spiro atoms. The number of ether oxygens (including phenoxy) is 1. The van der Waals surface area contributed by atoms with Crippen molar-refractivity contribution in [3.63, 3.8) is 0 Å². The Morgan fingerprint density at radius 1 is 1.35 bits per heavy atom. The Morgan fingerprint density at radius 2 is 2.04 bits per heavy atom. The number of nitrogens with zero attached hydrogens (tertiary/aromatic N) is 4. The zero-order valence-corrected chi connectivity index (χ0v) is 13.0. The molecule has 1 aromatic heterocycles. The third-order valence-electron chi connectivity index (χ3n) is 2.61. The number of tetrazole rings is 1. The summed E-state index contributed by atoms with van der Waals surface area (Å²) < 4.78 is 5.29. The summed E-state index contributed by atoms with van der Waals surface area (Å²) in [5.74, 6) is -0.186. The normalized spacial score (nSPS) is 11.7. The molecular weight excluding hydrogens is 296 g/mol. The summed E-state index contributed by atoms with van der Waals surface area (Å²) in [5.41, 5.74) is 0.847. The van der Waals surface area contributed by atoms with E-state index in [1.807, 2.05) is 26.8 Å². The average molecular weight is 312 g/mol. The van der Waals surface area contributed by atoms with E-state index >= 15 is 0 Å². The lowest BCUT2D eigenvalue weighted by Gasteiger charge is -2.19. The second-order valence-corrected chi connectivity index (χ2v) is 5.63. The number of hydrogen-bond donors (Lipinski definition) is 2. The van der Waals surface area contributed by atoms with Crippen LogP contribution < -0.4 is 5.32 Å². The molecule has 2 N–H and O–H groups in total. The van der Waals surface area contributed by atoms with Gasteiger partial charge < -0.3 is 10.1 Å². The fourth-order valence-corrected chi connectivity index (χ4v) is 1.62. The van der Waals surface area contributed by atoms with Crippen molar-refractivity contribution in [2.24, 2.45) is 0 Å². The highest BCUT2D eigenvalue weighted by atomic mass is 16.6. The number of carbonyl (C=O) groups is 1. The maximum absolute atomic E-state index is 11.9. The molecule has 8 heteroatoms. The highest BCUT2D eigenvalue weighted by Crippen LogP contribution is 2.15. The van der Waals surface area contributed by atoms with Gasteiger partial charge in [-0.2, -0.15) is 10.5 Å². The molecule has 0 saturated carbocycles. The van der Waals surface area contributed by atoms with Gasteiger partial charge in [-0.25, -0.2) is 4.79 Å². The average Bonchev–Trinajstić information content (AvgIpc) is 3.01. The van der Waals surface area contributed by atoms with Crippen LogP contribution in [0.25, 0.3) is 5.57 Å². The van der Waals surface area contributed by atoms with E-state index in [0.717, 1.165) is 0 Å². The Bertz CT molecular complexity index is 736. The van der Waals surface area contributed by atoms with E-state index in [1.54, 1.807) is 24.3 Å². The van der Waals surface area contributed by atoms with Gasteiger partial charge in [-0.05, 0) is 50.3 Å². The van der Waals surface area contributed by atoms with Crippen LogP contribution in [0, 0.1) is 11.3 Å². The number of hydrogen-bond acceptors (Lipinski definition) is 7. The first-order chi connectivity index (χ1) is 10.9. The first kappa shape index (κ1) is 16.2. The molecule has 0 amide bonds. The minimum absolute atomic E-state index is 0.199. The maximum Gasteiger partial charge on any atom is 0.338 e. The molecular formula is C15H16N6O2. The molecule has 8 nitrogen and oxygen atoms in total. The van der Waals surface area contributed by atoms with Crippen molar-refractivity contribution in [3.05, 3.63) is 41.9 Å². The van der Waals surface area contributed by atoms with Crippen LogP contribution in [0.2, 0.25) is 0 Å². The standard InChI is InChI=1S/C15H16N6O2/c1-15(2,3)23-14(22)10-4-6-12(7-5-10)17-9-11(8-16)13-18-20-21-19-13/h4-7,9,17H,1-3H3,(H,18,19,20,21). The number of carbonyl (C=O) groups excluding carboxylic acids is 1. The van der Waals surface area contributed by atoms with Gasteiger partial charge in [-0.3, -0.25) is 0 Å². The quantitative estimate of drug-likeness (QED) is 0.656. The van der Waals surface area contributed by atoms with Crippen molar-refractivity contribution in [1.82, 2.24) is 20.6 Å². The minimum Gasteiger partial charge on any atom is -0.456 e. The summed E-state index contributed by atoms with van der Waals surface area (Å²) in [6.07, 6.45) is 1.47. The maximum atomic E-state index is 11.9. The van der Waals surface area contributed by atoms with Gasteiger partial charge in [-0.1, -0.05) is 0 Å². The molecule has 0 atom stereocenters. The fourth-order valence-electron chi connectivity index (χ4n) is 1.62. The molecule has 0 aliphatic rings. The molecule has 118 valence electrons. The van der Waals surface area contributed by atoms with Crippen molar-refractivity contribution in [3.8, 4) is 6.07 Å². The Hall–Kier alpha value is -3.21. The van der Waals surface area contributed by atoms with Crippen molar-refractivity contribution in [2.45, 2.75) is 26.4 Å². The Kier molecular flexibility index (Phi) is 4.71. The van der Waals surface area contributed by atoms with Crippen LogP contribution in [0.15, 0.2) is 30.5 Å². The first-order valence-electron chi connectivity index (χ1n) is 6.83. The van der Waals surface area contributed by atoms with Crippen molar-refractivity contribution in [2.75, 3.05) is 5.32 Å². The van der Waals surface area contributed by atoms with Crippen molar-refractivity contribution >= 4 is 17.2 Å². The zero-order chi connectivity index (χ0) is 16.9. The summed E-state index contributed by atoms with van der Waals surface area (Å²) in [4.78, 5) is 11.9. The topological polar surface area (TPSA) is 117 Å². The summed E-state index contributed by atoms with van der Waals surface area (Å²) in [7, 11) is 0. The van der Waals surface area contributed by atoms with Crippen LogP contribution in [-0.2, 0) is 4.74 Å². The lowest BCUT2D eigenvalue weighted by Crippen LogP contribution is -2.23. The number of aromatic nitrogens is 4. The second-order valence-electron chi connectivity index (χ2n) is 5.63. The number of anilines is 1. The Balaban J connectivity index is 2.06. The lowest BCUT2D eigenvalue weighted by atomic mass is 10.1. The third-order valence-corrected chi connectivity index (χ3v) is 2.61. The van der Waals surface area contributed by atoms with Gasteiger partial charge in [0.1, 0.15) is 17.2 Å². The van der Waals surface area contributed by atoms with E-state index in [1.165, 1.54) is 6.20 Å². The zero-order valence-electron chi connectivity index (χ0n) is 13.0. The summed E-state index contributed by atoms with van der Waals surface area (Å²) in [6.45, 7) is 5.44. The second kappa shape index (κ2) is 6.70. The molecule has 0 unspecified atom stereocenters. The predicted octanol–water partition coefficient (Wildman–Crippen LogP) is 2.13. The summed E-state index contributed by atoms with van der Waals surface area (Å²) in [6, 6.07) is 8.68. The van der Waals surface area contributed by atoms with Crippen molar-refractivity contribution in [1.29, 1.82) is 5.26 Å². The van der Waals surface area contributed by atoms with Crippen LogP contribution in [-0.4, -0.2) is 32.2 Å². The number of aromatic amines is 1. The van der Waals surface area contributed by atoms with Crippen molar-refractivity contribution < 1.29 is 9.53 Å². The SMILES string of the molecule is CC(C)(C)OC(=O)c1ccc(NC=C(C#N)c2nn[nH]n2)cc1. The molecule has 2 rings (SSSR count). The van der Waals surface area contributed by atoms with Crippen LogP contribution in [0.1, 0.15) is 37.0 Å². The first-order valence-corrected chi connectivity index (χ1v) is 6.83. The number of rotatable bonds is 4. The van der Waals surface area contributed by atoms with Gasteiger partial charge in [0.25, 0.3) is 0 Å². The van der Waals surface area contributed by atoms with Crippen LogP contribution in [0.4, 0.5) is 5.69 Å². The number of H-pyrrole nitrogens is 1. The molecule has 0 aliphatic heterocycles. The largest absolute Gasteiger partial charge is 0.456 e. The number of allylic oxidation sites excluding steroid dienone is 1. The predicted molar refractivity (Wildman–Crippen MR) is 83.0 cm³/mol. The van der Waals surface area contributed by atoms with Gasteiger partial charge >= 0.3 is 5.97 Å². The van der Waals surface area contributed by atoms with E-state index in [9.17, 15) is 4.79 Å². The highest BCUT2D eigenvalue weighted by Gasteiger charge is 2.17. The number of esters is 1. The molecule has 23 heavy (non-hydrogen) atoms. The lowest BCUT2D eigenvalue weighted by molar-refractivity contribution is 0.00696. The summed E-state index contributed by atoms with van der Waals surface area (Å²) in [5, 5.41) is 25.1. The van der Waals surface area contributed by atoms with Gasteiger partial charge in [0, 0.05) is 11.9 Å². The molecule has 2 aromatic rings. The van der Waals surface area contributed by atoms with Gasteiger partial charge in [0.2, 0.25) is 5.82 Å². The van der Waals surface area contributed by atoms with Crippen LogP contribution in [0.3, 0.4) is 0 Å². The molecule has 1 aromatic carbocycles. The molecule has 0 aliphatic carbocycles. The smallest absolute Gasteiger partial charge is 0.338 e.